The van der Waals surface area contributed by atoms with Gasteiger partial charge in [0.15, 0.2) is 5.65 Å². The minimum Gasteiger partial charge on any atom is -0.275 e. The Morgan fingerprint density at radius 3 is 2.45 bits per heavy atom. The summed E-state index contributed by atoms with van der Waals surface area (Å²) in [5.41, 5.74) is 2.54. The lowest BCUT2D eigenvalue weighted by atomic mass is 10.0. The standard InChI is InChI=1S/C25H22N6O5S2/c1-30-16-18(14-29-30)17-11-21-24-20(9-6-10-36-37(2,32)33)22(12-26)27-15-23(24)31(25(21)28-13-17)38(34,35)19-7-4-3-5-8-19/h3-5,7-8,11,13-16H,6,9-10H2,1-2H3. The van der Waals surface area contributed by atoms with Crippen molar-refractivity contribution in [2.45, 2.75) is 17.7 Å². The van der Waals surface area contributed by atoms with E-state index < -0.39 is 20.1 Å². The largest absolute Gasteiger partial charge is 0.275 e. The summed E-state index contributed by atoms with van der Waals surface area (Å²) in [6, 6.07) is 11.9. The molecule has 4 heterocycles. The Morgan fingerprint density at radius 2 is 1.79 bits per heavy atom. The highest BCUT2D eigenvalue weighted by atomic mass is 32.2. The first-order valence-corrected chi connectivity index (χ1v) is 14.7. The molecular formula is C25H22N6O5S2. The van der Waals surface area contributed by atoms with Crippen molar-refractivity contribution in [3.63, 3.8) is 0 Å². The monoisotopic (exact) mass is 550 g/mol. The highest BCUT2D eigenvalue weighted by molar-refractivity contribution is 7.90. The first kappa shape index (κ1) is 25.5. The van der Waals surface area contributed by atoms with Crippen LogP contribution < -0.4 is 0 Å². The molecule has 0 spiro atoms. The molecular weight excluding hydrogens is 528 g/mol. The molecule has 38 heavy (non-hydrogen) atoms. The molecule has 194 valence electrons. The molecule has 0 fully saturated rings. The number of aryl methyl sites for hydroxylation is 2. The van der Waals surface area contributed by atoms with Crippen LogP contribution in [0.3, 0.4) is 0 Å². The quantitative estimate of drug-likeness (QED) is 0.210. The number of fused-ring (bicyclic) bond motifs is 3. The summed E-state index contributed by atoms with van der Waals surface area (Å²) >= 11 is 0. The maximum Gasteiger partial charge on any atom is 0.269 e. The number of hydrogen-bond donors (Lipinski definition) is 0. The molecule has 11 nitrogen and oxygen atoms in total. The fourth-order valence-corrected chi connectivity index (χ4v) is 6.28. The summed E-state index contributed by atoms with van der Waals surface area (Å²) in [7, 11) is -5.94. The Bertz CT molecular complexity index is 1940. The van der Waals surface area contributed by atoms with Crippen LogP contribution in [-0.4, -0.2) is 53.4 Å². The van der Waals surface area contributed by atoms with Gasteiger partial charge in [-0.25, -0.2) is 22.4 Å². The van der Waals surface area contributed by atoms with Gasteiger partial charge in [-0.2, -0.15) is 18.8 Å². The number of benzene rings is 1. The Labute approximate surface area is 219 Å². The summed E-state index contributed by atoms with van der Waals surface area (Å²) < 4.78 is 58.2. The van der Waals surface area contributed by atoms with Gasteiger partial charge in [0.2, 0.25) is 0 Å². The van der Waals surface area contributed by atoms with E-state index in [2.05, 4.69) is 21.1 Å². The maximum atomic E-state index is 13.8. The van der Waals surface area contributed by atoms with Crippen molar-refractivity contribution in [2.24, 2.45) is 7.05 Å². The third-order valence-electron chi connectivity index (χ3n) is 6.00. The van der Waals surface area contributed by atoms with Crippen LogP contribution in [0.25, 0.3) is 33.1 Å². The zero-order valence-corrected chi connectivity index (χ0v) is 22.1. The molecule has 0 saturated carbocycles. The first-order chi connectivity index (χ1) is 18.1. The lowest BCUT2D eigenvalue weighted by molar-refractivity contribution is 0.316. The van der Waals surface area contributed by atoms with E-state index in [1.54, 1.807) is 42.3 Å². The smallest absolute Gasteiger partial charge is 0.269 e. The minimum absolute atomic E-state index is 0.0735. The molecule has 4 aromatic heterocycles. The van der Waals surface area contributed by atoms with Gasteiger partial charge in [-0.15, -0.1) is 0 Å². The molecule has 13 heteroatoms. The van der Waals surface area contributed by atoms with Crippen LogP contribution in [0.15, 0.2) is 66.1 Å². The van der Waals surface area contributed by atoms with E-state index in [0.29, 0.717) is 21.9 Å². The van der Waals surface area contributed by atoms with Crippen LogP contribution in [0.5, 0.6) is 0 Å². The van der Waals surface area contributed by atoms with Crippen LogP contribution in [0.2, 0.25) is 0 Å². The van der Waals surface area contributed by atoms with Crippen molar-refractivity contribution in [3.05, 3.63) is 72.4 Å². The Morgan fingerprint density at radius 1 is 1.03 bits per heavy atom. The van der Waals surface area contributed by atoms with E-state index in [9.17, 15) is 22.1 Å². The molecule has 5 aromatic rings. The van der Waals surface area contributed by atoms with Gasteiger partial charge in [0.25, 0.3) is 20.1 Å². The minimum atomic E-state index is -4.09. The van der Waals surface area contributed by atoms with Gasteiger partial charge in [-0.3, -0.25) is 8.86 Å². The second kappa shape index (κ2) is 9.64. The van der Waals surface area contributed by atoms with Crippen LogP contribution >= 0.6 is 0 Å². The summed E-state index contributed by atoms with van der Waals surface area (Å²) in [5, 5.41) is 15.0. The van der Waals surface area contributed by atoms with Gasteiger partial charge in [0, 0.05) is 41.3 Å². The van der Waals surface area contributed by atoms with Crippen molar-refractivity contribution in [2.75, 3.05) is 12.9 Å². The zero-order chi connectivity index (χ0) is 27.1. The molecule has 1 aromatic carbocycles. The molecule has 0 radical (unpaired) electrons. The Kier molecular flexibility index (Phi) is 6.47. The molecule has 0 aliphatic rings. The van der Waals surface area contributed by atoms with E-state index >= 15 is 0 Å². The molecule has 0 aliphatic carbocycles. The van der Waals surface area contributed by atoms with Gasteiger partial charge >= 0.3 is 0 Å². The number of rotatable bonds is 8. The van der Waals surface area contributed by atoms with Gasteiger partial charge in [0.05, 0.1) is 35.7 Å². The van der Waals surface area contributed by atoms with Crippen LogP contribution in [0.1, 0.15) is 17.7 Å². The third kappa shape index (κ3) is 4.65. The van der Waals surface area contributed by atoms with E-state index in [4.69, 9.17) is 4.18 Å². The summed E-state index contributed by atoms with van der Waals surface area (Å²) in [6.07, 6.45) is 7.87. The zero-order valence-electron chi connectivity index (χ0n) is 20.4. The highest BCUT2D eigenvalue weighted by Gasteiger charge is 2.27. The number of pyridine rings is 2. The number of hydrogen-bond acceptors (Lipinski definition) is 9. The van der Waals surface area contributed by atoms with Gasteiger partial charge in [-0.1, -0.05) is 18.2 Å². The highest BCUT2D eigenvalue weighted by Crippen LogP contribution is 2.36. The first-order valence-electron chi connectivity index (χ1n) is 11.5. The summed E-state index contributed by atoms with van der Waals surface area (Å²) in [6.45, 7) is -0.0970. The molecule has 0 bridgehead atoms. The average molecular weight is 551 g/mol. The van der Waals surface area contributed by atoms with Crippen molar-refractivity contribution in [1.82, 2.24) is 23.7 Å². The van der Waals surface area contributed by atoms with Gasteiger partial charge in [-0.05, 0) is 36.6 Å². The maximum absolute atomic E-state index is 13.8. The number of nitrogens with zero attached hydrogens (tertiary/aromatic N) is 6. The third-order valence-corrected chi connectivity index (χ3v) is 8.31. The van der Waals surface area contributed by atoms with Crippen LogP contribution in [0.4, 0.5) is 0 Å². The van der Waals surface area contributed by atoms with E-state index in [1.807, 2.05) is 12.3 Å². The second-order valence-corrected chi connectivity index (χ2v) is 12.1. The number of aromatic nitrogens is 5. The van der Waals surface area contributed by atoms with E-state index in [1.165, 1.54) is 18.3 Å². The Balaban J connectivity index is 1.79. The molecule has 0 atom stereocenters. The van der Waals surface area contributed by atoms with E-state index in [-0.39, 0.29) is 41.2 Å². The fourth-order valence-electron chi connectivity index (χ4n) is 4.38. The van der Waals surface area contributed by atoms with Gasteiger partial charge < -0.3 is 0 Å². The predicted molar refractivity (Wildman–Crippen MR) is 140 cm³/mol. The molecule has 5 rings (SSSR count). The molecule has 0 aliphatic heterocycles. The average Bonchev–Trinajstić information content (AvgIpc) is 3.47. The number of nitriles is 1. The summed E-state index contributed by atoms with van der Waals surface area (Å²) in [4.78, 5) is 8.88. The predicted octanol–water partition coefficient (Wildman–Crippen LogP) is 3.00. The van der Waals surface area contributed by atoms with Crippen molar-refractivity contribution < 1.29 is 21.0 Å². The lowest BCUT2D eigenvalue weighted by Gasteiger charge is -2.10. The van der Waals surface area contributed by atoms with Crippen LogP contribution in [0, 0.1) is 11.3 Å². The summed E-state index contributed by atoms with van der Waals surface area (Å²) in [5.74, 6) is 0. The Hall–Kier alpha value is -4.12. The molecule has 0 amide bonds. The topological polar surface area (TPSA) is 150 Å². The van der Waals surface area contributed by atoms with Crippen molar-refractivity contribution in [3.8, 4) is 17.2 Å². The van der Waals surface area contributed by atoms with E-state index in [0.717, 1.165) is 15.8 Å². The molecule has 0 saturated heterocycles. The van der Waals surface area contributed by atoms with Crippen molar-refractivity contribution in [1.29, 1.82) is 5.26 Å². The van der Waals surface area contributed by atoms with Crippen molar-refractivity contribution >= 4 is 42.1 Å². The molecule has 0 N–H and O–H groups in total. The SMILES string of the molecule is Cn1cc(-c2cnc3c(c2)c2c(CCCOS(C)(=O)=O)c(C#N)ncc2n3S(=O)(=O)c2ccccc2)cn1. The molecule has 0 unspecified atom stereocenters. The fraction of sp³-hybridized carbons (Fsp3) is 0.200. The lowest BCUT2D eigenvalue weighted by Crippen LogP contribution is -2.13. The van der Waals surface area contributed by atoms with Gasteiger partial charge in [0.1, 0.15) is 11.8 Å². The van der Waals surface area contributed by atoms with Crippen LogP contribution in [-0.2, 0) is 37.8 Å². The normalized spacial score (nSPS) is 12.2. The second-order valence-electron chi connectivity index (χ2n) is 8.67.